The van der Waals surface area contributed by atoms with Crippen molar-refractivity contribution in [1.29, 1.82) is 0 Å². The highest BCUT2D eigenvalue weighted by Crippen LogP contribution is 2.29. The molecule has 0 spiro atoms. The minimum atomic E-state index is 0.0783. The van der Waals surface area contributed by atoms with Gasteiger partial charge in [-0.2, -0.15) is 4.98 Å². The van der Waals surface area contributed by atoms with Crippen LogP contribution in [-0.2, 0) is 13.0 Å². The van der Waals surface area contributed by atoms with Crippen LogP contribution < -0.4 is 14.7 Å². The van der Waals surface area contributed by atoms with Gasteiger partial charge in [0, 0.05) is 70.1 Å². The summed E-state index contributed by atoms with van der Waals surface area (Å²) in [5.74, 6) is 1.79. The largest absolute Gasteiger partial charge is 0.368 e. The van der Waals surface area contributed by atoms with Gasteiger partial charge in [0.15, 0.2) is 0 Å². The normalized spacial score (nSPS) is 15.8. The molecule has 0 radical (unpaired) electrons. The number of benzene rings is 2. The summed E-state index contributed by atoms with van der Waals surface area (Å²) >= 11 is 0. The van der Waals surface area contributed by atoms with Crippen molar-refractivity contribution in [2.45, 2.75) is 19.9 Å². The van der Waals surface area contributed by atoms with Crippen molar-refractivity contribution in [1.82, 2.24) is 14.9 Å². The molecule has 3 heterocycles. The summed E-state index contributed by atoms with van der Waals surface area (Å²) in [7, 11) is 4.03. The molecule has 7 nitrogen and oxygen atoms in total. The van der Waals surface area contributed by atoms with Gasteiger partial charge in [-0.15, -0.1) is 0 Å². The minimum absolute atomic E-state index is 0.0783. The number of nitrogens with zero attached hydrogens (tertiary/aromatic N) is 6. The van der Waals surface area contributed by atoms with E-state index >= 15 is 0 Å². The maximum atomic E-state index is 13.2. The van der Waals surface area contributed by atoms with Gasteiger partial charge in [0.2, 0.25) is 5.95 Å². The van der Waals surface area contributed by atoms with E-state index in [-0.39, 0.29) is 5.91 Å². The third kappa shape index (κ3) is 4.30. The van der Waals surface area contributed by atoms with Gasteiger partial charge in [-0.25, -0.2) is 4.98 Å². The average Bonchev–Trinajstić information content (AvgIpc) is 2.88. The Morgan fingerprint density at radius 3 is 2.24 bits per heavy atom. The standard InChI is InChI=1S/C27H32N6O/c1-20-9-7-8-12-22(20)26(34)33-14-13-24-23(19-33)25(30(2)3)29-27(28-24)32-17-15-31(16-18-32)21-10-5-4-6-11-21/h4-12H,13-19H2,1-3H3. The smallest absolute Gasteiger partial charge is 0.254 e. The fourth-order valence-corrected chi connectivity index (χ4v) is 4.86. The highest BCUT2D eigenvalue weighted by Gasteiger charge is 2.29. The first-order valence-corrected chi connectivity index (χ1v) is 12.0. The van der Waals surface area contributed by atoms with Crippen LogP contribution in [0.15, 0.2) is 54.6 Å². The van der Waals surface area contributed by atoms with Crippen LogP contribution in [0.5, 0.6) is 0 Å². The Morgan fingerprint density at radius 1 is 0.853 bits per heavy atom. The molecule has 1 aromatic heterocycles. The van der Waals surface area contributed by atoms with Crippen LogP contribution in [0.2, 0.25) is 0 Å². The quantitative estimate of drug-likeness (QED) is 0.600. The fourth-order valence-electron chi connectivity index (χ4n) is 4.86. The van der Waals surface area contributed by atoms with Gasteiger partial charge in [0.25, 0.3) is 5.91 Å². The second-order valence-corrected chi connectivity index (χ2v) is 9.27. The molecule has 2 aromatic carbocycles. The topological polar surface area (TPSA) is 55.8 Å². The van der Waals surface area contributed by atoms with E-state index < -0.39 is 0 Å². The summed E-state index contributed by atoms with van der Waals surface area (Å²) in [6, 6.07) is 18.4. The summed E-state index contributed by atoms with van der Waals surface area (Å²) in [6.45, 7) is 6.87. The van der Waals surface area contributed by atoms with Crippen LogP contribution in [0.4, 0.5) is 17.5 Å². The first-order chi connectivity index (χ1) is 16.5. The van der Waals surface area contributed by atoms with Crippen molar-refractivity contribution in [3.05, 3.63) is 77.0 Å². The number of hydrogen-bond acceptors (Lipinski definition) is 6. The van der Waals surface area contributed by atoms with Crippen molar-refractivity contribution >= 4 is 23.4 Å². The van der Waals surface area contributed by atoms with Crippen molar-refractivity contribution in [2.24, 2.45) is 0 Å². The van der Waals surface area contributed by atoms with E-state index in [4.69, 9.17) is 9.97 Å². The van der Waals surface area contributed by atoms with Crippen molar-refractivity contribution in [3.8, 4) is 0 Å². The molecule has 5 rings (SSSR count). The number of fused-ring (bicyclic) bond motifs is 1. The predicted molar refractivity (Wildman–Crippen MR) is 137 cm³/mol. The van der Waals surface area contributed by atoms with Gasteiger partial charge in [0.1, 0.15) is 5.82 Å². The van der Waals surface area contributed by atoms with E-state index in [0.29, 0.717) is 13.1 Å². The molecule has 7 heteroatoms. The molecule has 3 aromatic rings. The lowest BCUT2D eigenvalue weighted by Gasteiger charge is -2.37. The fraction of sp³-hybridized carbons (Fsp3) is 0.370. The Hall–Kier alpha value is -3.61. The zero-order valence-corrected chi connectivity index (χ0v) is 20.2. The number of aromatic nitrogens is 2. The van der Waals surface area contributed by atoms with Gasteiger partial charge in [-0.05, 0) is 30.7 Å². The monoisotopic (exact) mass is 456 g/mol. The predicted octanol–water partition coefficient (Wildman–Crippen LogP) is 3.38. The molecule has 0 bridgehead atoms. The number of rotatable bonds is 4. The van der Waals surface area contributed by atoms with E-state index in [2.05, 4.69) is 40.1 Å². The zero-order chi connectivity index (χ0) is 23.7. The molecule has 1 saturated heterocycles. The van der Waals surface area contributed by atoms with Gasteiger partial charge in [-0.1, -0.05) is 36.4 Å². The number of amides is 1. The number of carbonyl (C=O) groups is 1. The van der Waals surface area contributed by atoms with E-state index in [1.807, 2.05) is 55.1 Å². The van der Waals surface area contributed by atoms with Crippen molar-refractivity contribution < 1.29 is 4.79 Å². The molecule has 1 amide bonds. The Labute approximate surface area is 201 Å². The van der Waals surface area contributed by atoms with Crippen molar-refractivity contribution in [3.63, 3.8) is 0 Å². The van der Waals surface area contributed by atoms with E-state index in [1.165, 1.54) is 5.69 Å². The third-order valence-corrected chi connectivity index (χ3v) is 6.80. The molecular weight excluding hydrogens is 424 g/mol. The zero-order valence-electron chi connectivity index (χ0n) is 20.2. The number of carbonyl (C=O) groups excluding carboxylic acids is 1. The van der Waals surface area contributed by atoms with Crippen LogP contribution >= 0.6 is 0 Å². The second kappa shape index (κ2) is 9.33. The number of para-hydroxylation sites is 1. The van der Waals surface area contributed by atoms with E-state index in [9.17, 15) is 4.79 Å². The average molecular weight is 457 g/mol. The lowest BCUT2D eigenvalue weighted by Crippen LogP contribution is -2.47. The molecule has 176 valence electrons. The summed E-state index contributed by atoms with van der Waals surface area (Å²) in [5, 5.41) is 0. The Bertz CT molecular complexity index is 1170. The van der Waals surface area contributed by atoms with Gasteiger partial charge < -0.3 is 19.6 Å². The number of aryl methyl sites for hydroxylation is 1. The van der Waals surface area contributed by atoms with Crippen LogP contribution in [0.25, 0.3) is 0 Å². The van der Waals surface area contributed by atoms with E-state index in [1.54, 1.807) is 0 Å². The SMILES string of the molecule is Cc1ccccc1C(=O)N1CCc2nc(N3CCN(c4ccccc4)CC3)nc(N(C)C)c2C1. The Balaban J connectivity index is 1.36. The number of anilines is 3. The van der Waals surface area contributed by atoms with Crippen LogP contribution in [0.3, 0.4) is 0 Å². The number of hydrogen-bond donors (Lipinski definition) is 0. The maximum Gasteiger partial charge on any atom is 0.254 e. The van der Waals surface area contributed by atoms with Crippen LogP contribution in [0, 0.1) is 6.92 Å². The first-order valence-electron chi connectivity index (χ1n) is 12.0. The summed E-state index contributed by atoms with van der Waals surface area (Å²) in [5.41, 5.74) is 5.16. The molecule has 0 atom stereocenters. The summed E-state index contributed by atoms with van der Waals surface area (Å²) in [4.78, 5) is 31.9. The Morgan fingerprint density at radius 2 is 1.53 bits per heavy atom. The second-order valence-electron chi connectivity index (χ2n) is 9.27. The lowest BCUT2D eigenvalue weighted by atomic mass is 10.0. The lowest BCUT2D eigenvalue weighted by molar-refractivity contribution is 0.0733. The van der Waals surface area contributed by atoms with Gasteiger partial charge in [0.05, 0.1) is 12.2 Å². The maximum absolute atomic E-state index is 13.2. The van der Waals surface area contributed by atoms with Gasteiger partial charge in [-0.3, -0.25) is 4.79 Å². The molecular formula is C27H32N6O. The third-order valence-electron chi connectivity index (χ3n) is 6.80. The van der Waals surface area contributed by atoms with Crippen molar-refractivity contribution in [2.75, 3.05) is 61.5 Å². The van der Waals surface area contributed by atoms with Crippen LogP contribution in [0.1, 0.15) is 27.2 Å². The van der Waals surface area contributed by atoms with E-state index in [0.717, 1.165) is 66.8 Å². The van der Waals surface area contributed by atoms with Gasteiger partial charge >= 0.3 is 0 Å². The molecule has 0 N–H and O–H groups in total. The summed E-state index contributed by atoms with van der Waals surface area (Å²) in [6.07, 6.45) is 0.743. The Kier molecular flexibility index (Phi) is 6.09. The minimum Gasteiger partial charge on any atom is -0.368 e. The van der Waals surface area contributed by atoms with Crippen LogP contribution in [-0.4, -0.2) is 67.6 Å². The number of piperazine rings is 1. The molecule has 2 aliphatic rings. The molecule has 0 aliphatic carbocycles. The highest BCUT2D eigenvalue weighted by atomic mass is 16.2. The molecule has 1 fully saturated rings. The molecule has 0 saturated carbocycles. The highest BCUT2D eigenvalue weighted by molar-refractivity contribution is 5.95. The summed E-state index contributed by atoms with van der Waals surface area (Å²) < 4.78 is 0. The molecule has 0 unspecified atom stereocenters. The molecule has 2 aliphatic heterocycles. The molecule has 34 heavy (non-hydrogen) atoms. The first kappa shape index (κ1) is 22.2.